The van der Waals surface area contributed by atoms with E-state index < -0.39 is 0 Å². The first-order valence-electron chi connectivity index (χ1n) is 10.9. The van der Waals surface area contributed by atoms with Crippen LogP contribution in [0.15, 0.2) is 18.7 Å². The van der Waals surface area contributed by atoms with Crippen LogP contribution in [-0.2, 0) is 18.4 Å². The van der Waals surface area contributed by atoms with E-state index in [0.29, 0.717) is 5.12 Å². The lowest BCUT2D eigenvalue weighted by atomic mass is 10.0. The van der Waals surface area contributed by atoms with Gasteiger partial charge in [0.15, 0.2) is 5.12 Å². The maximum absolute atomic E-state index is 11.9. The summed E-state index contributed by atoms with van der Waals surface area (Å²) in [4.78, 5) is 11.9. The zero-order chi connectivity index (χ0) is 18.9. The molecule has 0 N–H and O–H groups in total. The van der Waals surface area contributed by atoms with E-state index in [9.17, 15) is 4.79 Å². The van der Waals surface area contributed by atoms with Crippen molar-refractivity contribution in [2.45, 2.75) is 103 Å². The first kappa shape index (κ1) is 23.3. The van der Waals surface area contributed by atoms with Gasteiger partial charge in [-0.15, -0.1) is 0 Å². The molecule has 1 aromatic rings. The molecule has 0 aliphatic carbocycles. The molecule has 4 heteroatoms. The van der Waals surface area contributed by atoms with Crippen LogP contribution >= 0.6 is 11.8 Å². The number of hydrogen-bond acceptors (Lipinski definition) is 2. The maximum Gasteiger partial charge on any atom is 0.243 e. The van der Waals surface area contributed by atoms with Crippen LogP contribution in [0.5, 0.6) is 0 Å². The van der Waals surface area contributed by atoms with E-state index in [1.807, 2.05) is 17.8 Å². The number of hydrogen-bond donors (Lipinski definition) is 0. The van der Waals surface area contributed by atoms with Crippen molar-refractivity contribution < 1.29 is 9.36 Å². The Morgan fingerprint density at radius 3 is 1.92 bits per heavy atom. The van der Waals surface area contributed by atoms with Gasteiger partial charge in [-0.3, -0.25) is 4.79 Å². The summed E-state index contributed by atoms with van der Waals surface area (Å²) in [6, 6.07) is 0. The van der Waals surface area contributed by atoms with Crippen LogP contribution in [-0.4, -0.2) is 15.4 Å². The molecule has 0 radical (unpaired) electrons. The minimum absolute atomic E-state index is 0.365. The van der Waals surface area contributed by atoms with Gasteiger partial charge in [0.1, 0.15) is 12.4 Å². The van der Waals surface area contributed by atoms with Gasteiger partial charge in [-0.25, -0.2) is 9.13 Å². The Bertz CT molecular complexity index is 459. The van der Waals surface area contributed by atoms with Crippen molar-refractivity contribution in [2.75, 3.05) is 5.75 Å². The summed E-state index contributed by atoms with van der Waals surface area (Å²) in [6.07, 6.45) is 24.5. The molecule has 0 fully saturated rings. The van der Waals surface area contributed by atoms with Crippen LogP contribution in [0.25, 0.3) is 0 Å². The highest BCUT2D eigenvalue weighted by Crippen LogP contribution is 2.14. The minimum atomic E-state index is 0.365. The zero-order valence-corrected chi connectivity index (χ0v) is 18.1. The number of rotatable bonds is 17. The fourth-order valence-corrected chi connectivity index (χ4v) is 4.08. The molecular weight excluding hydrogens is 340 g/mol. The third kappa shape index (κ3) is 13.4. The lowest BCUT2D eigenvalue weighted by Gasteiger charge is -2.03. The van der Waals surface area contributed by atoms with Gasteiger partial charge < -0.3 is 0 Å². The Balaban J connectivity index is 1.79. The van der Waals surface area contributed by atoms with E-state index in [0.717, 1.165) is 25.1 Å². The number of thioether (sulfide) groups is 1. The van der Waals surface area contributed by atoms with E-state index in [-0.39, 0.29) is 0 Å². The number of unbranched alkanes of at least 4 members (excludes halogenated alkanes) is 12. The van der Waals surface area contributed by atoms with Crippen LogP contribution in [0.3, 0.4) is 0 Å². The third-order valence-electron chi connectivity index (χ3n) is 4.92. The van der Waals surface area contributed by atoms with Crippen LogP contribution in [0.4, 0.5) is 0 Å². The molecule has 0 aliphatic heterocycles. The molecular formula is C22H41N2OS+. The zero-order valence-electron chi connectivity index (χ0n) is 17.3. The molecule has 150 valence electrons. The summed E-state index contributed by atoms with van der Waals surface area (Å²) in [5.41, 5.74) is 0. The number of carbonyl (C=O) groups is 1. The van der Waals surface area contributed by atoms with E-state index in [4.69, 9.17) is 0 Å². The SMILES string of the molecule is CCCCCCCCCCCCCCCC(=O)SCCn1cc[n+](C)c1. The maximum atomic E-state index is 11.9. The monoisotopic (exact) mass is 381 g/mol. The highest BCUT2D eigenvalue weighted by molar-refractivity contribution is 8.13. The molecule has 0 unspecified atom stereocenters. The van der Waals surface area contributed by atoms with Crippen LogP contribution in [0.1, 0.15) is 96.8 Å². The molecule has 0 amide bonds. The predicted octanol–water partition coefficient (Wildman–Crippen LogP) is 6.05. The van der Waals surface area contributed by atoms with Crippen molar-refractivity contribution in [1.82, 2.24) is 4.57 Å². The lowest BCUT2D eigenvalue weighted by molar-refractivity contribution is -0.671. The molecule has 1 aromatic heterocycles. The van der Waals surface area contributed by atoms with E-state index >= 15 is 0 Å². The average molecular weight is 382 g/mol. The summed E-state index contributed by atoms with van der Waals surface area (Å²) in [7, 11) is 2.02. The van der Waals surface area contributed by atoms with Gasteiger partial charge in [0, 0.05) is 12.2 Å². The summed E-state index contributed by atoms with van der Waals surface area (Å²) < 4.78 is 4.16. The van der Waals surface area contributed by atoms with Crippen molar-refractivity contribution in [1.29, 1.82) is 0 Å². The number of aryl methyl sites for hydroxylation is 2. The van der Waals surface area contributed by atoms with Gasteiger partial charge in [0.05, 0.1) is 13.6 Å². The van der Waals surface area contributed by atoms with E-state index in [1.165, 1.54) is 88.8 Å². The van der Waals surface area contributed by atoms with E-state index in [2.05, 4.69) is 24.0 Å². The molecule has 0 aromatic carbocycles. The lowest BCUT2D eigenvalue weighted by Crippen LogP contribution is -2.23. The highest BCUT2D eigenvalue weighted by Gasteiger charge is 2.05. The summed E-state index contributed by atoms with van der Waals surface area (Å²) in [5, 5.41) is 0.365. The van der Waals surface area contributed by atoms with Gasteiger partial charge in [-0.2, -0.15) is 0 Å². The number of carbonyl (C=O) groups excluding carboxylic acids is 1. The van der Waals surface area contributed by atoms with Gasteiger partial charge in [-0.05, 0) is 6.42 Å². The van der Waals surface area contributed by atoms with Gasteiger partial charge in [-0.1, -0.05) is 95.7 Å². The van der Waals surface area contributed by atoms with Crippen molar-refractivity contribution in [2.24, 2.45) is 7.05 Å². The molecule has 3 nitrogen and oxygen atoms in total. The molecule has 0 saturated heterocycles. The van der Waals surface area contributed by atoms with Crippen molar-refractivity contribution in [3.8, 4) is 0 Å². The Hall–Kier alpha value is -0.770. The van der Waals surface area contributed by atoms with Crippen LogP contribution in [0.2, 0.25) is 0 Å². The molecule has 0 aliphatic rings. The summed E-state index contributed by atoms with van der Waals surface area (Å²) >= 11 is 1.50. The molecule has 1 heterocycles. The van der Waals surface area contributed by atoms with Crippen molar-refractivity contribution >= 4 is 16.9 Å². The smallest absolute Gasteiger partial charge is 0.243 e. The first-order chi connectivity index (χ1) is 12.7. The summed E-state index contributed by atoms with van der Waals surface area (Å²) in [6.45, 7) is 3.19. The second-order valence-electron chi connectivity index (χ2n) is 7.53. The summed E-state index contributed by atoms with van der Waals surface area (Å²) in [5.74, 6) is 0.881. The van der Waals surface area contributed by atoms with Gasteiger partial charge in [0.25, 0.3) is 0 Å². The highest BCUT2D eigenvalue weighted by atomic mass is 32.2. The Labute approximate surface area is 165 Å². The van der Waals surface area contributed by atoms with Crippen LogP contribution < -0.4 is 4.57 Å². The molecule has 0 atom stereocenters. The predicted molar refractivity (Wildman–Crippen MR) is 113 cm³/mol. The largest absolute Gasteiger partial charge is 0.287 e. The van der Waals surface area contributed by atoms with E-state index in [1.54, 1.807) is 0 Å². The second kappa shape index (κ2) is 16.4. The molecule has 0 spiro atoms. The fraction of sp³-hybridized carbons (Fsp3) is 0.818. The first-order valence-corrected chi connectivity index (χ1v) is 11.9. The van der Waals surface area contributed by atoms with Crippen molar-refractivity contribution in [3.63, 3.8) is 0 Å². The topological polar surface area (TPSA) is 25.9 Å². The van der Waals surface area contributed by atoms with Crippen LogP contribution in [0, 0.1) is 0 Å². The number of nitrogens with zero attached hydrogens (tertiary/aromatic N) is 2. The van der Waals surface area contributed by atoms with Crippen molar-refractivity contribution in [3.05, 3.63) is 18.7 Å². The molecule has 0 bridgehead atoms. The normalized spacial score (nSPS) is 11.2. The minimum Gasteiger partial charge on any atom is -0.287 e. The second-order valence-corrected chi connectivity index (χ2v) is 8.68. The Morgan fingerprint density at radius 2 is 1.42 bits per heavy atom. The quantitative estimate of drug-likeness (QED) is 0.242. The molecule has 1 rings (SSSR count). The molecule has 26 heavy (non-hydrogen) atoms. The third-order valence-corrected chi connectivity index (χ3v) is 5.83. The van der Waals surface area contributed by atoms with Gasteiger partial charge in [0.2, 0.25) is 6.33 Å². The Morgan fingerprint density at radius 1 is 0.885 bits per heavy atom. The number of imidazole rings is 1. The standard InChI is InChI=1S/C22H41N2OS/c1-3-4-5-6-7-8-9-10-11-12-13-14-15-16-22(25)26-20-19-24-18-17-23(2)21-24/h17-18,21H,3-16,19-20H2,1-2H3/q+1. The van der Waals surface area contributed by atoms with Gasteiger partial charge >= 0.3 is 0 Å². The Kier molecular flexibility index (Phi) is 14.7. The average Bonchev–Trinajstić information content (AvgIpc) is 3.04. The fourth-order valence-electron chi connectivity index (χ4n) is 3.26. The number of aromatic nitrogens is 2. The molecule has 0 saturated carbocycles.